The molecule has 150 valence electrons. The highest BCUT2D eigenvalue weighted by Crippen LogP contribution is 2.39. The predicted molar refractivity (Wildman–Crippen MR) is 113 cm³/mol. The zero-order valence-corrected chi connectivity index (χ0v) is 17.3. The van der Waals surface area contributed by atoms with E-state index in [1.165, 1.54) is 28.8 Å². The molecule has 3 aromatic rings. The van der Waals surface area contributed by atoms with Gasteiger partial charge in [0.15, 0.2) is 5.16 Å². The van der Waals surface area contributed by atoms with E-state index in [1.807, 2.05) is 11.4 Å². The van der Waals surface area contributed by atoms with Crippen LogP contribution in [0.15, 0.2) is 40.9 Å². The first-order chi connectivity index (χ1) is 14.0. The van der Waals surface area contributed by atoms with Crippen LogP contribution in [0.1, 0.15) is 35.1 Å². The maximum atomic E-state index is 12.4. The summed E-state index contributed by atoms with van der Waals surface area (Å²) in [6.07, 6.45) is 2.94. The Morgan fingerprint density at radius 2 is 2.21 bits per heavy atom. The fourth-order valence-electron chi connectivity index (χ4n) is 2.97. The molecule has 4 rings (SSSR count). The number of hydrogen-bond donors (Lipinski definition) is 1. The minimum absolute atomic E-state index is 0.0507. The number of nitrogens with zero attached hydrogens (tertiary/aromatic N) is 4. The van der Waals surface area contributed by atoms with Crippen molar-refractivity contribution in [3.05, 3.63) is 62.1 Å². The molecule has 1 amide bonds. The van der Waals surface area contributed by atoms with E-state index in [0.717, 1.165) is 35.8 Å². The van der Waals surface area contributed by atoms with E-state index in [9.17, 15) is 14.9 Å². The van der Waals surface area contributed by atoms with E-state index in [4.69, 9.17) is 0 Å². The van der Waals surface area contributed by atoms with Crippen molar-refractivity contribution in [2.24, 2.45) is 0 Å². The van der Waals surface area contributed by atoms with Gasteiger partial charge in [-0.25, -0.2) is 0 Å². The zero-order valence-electron chi connectivity index (χ0n) is 15.7. The van der Waals surface area contributed by atoms with Crippen LogP contribution in [0.2, 0.25) is 0 Å². The predicted octanol–water partition coefficient (Wildman–Crippen LogP) is 4.21. The molecule has 1 aliphatic carbocycles. The van der Waals surface area contributed by atoms with Crippen molar-refractivity contribution >= 4 is 40.4 Å². The van der Waals surface area contributed by atoms with Gasteiger partial charge in [-0.2, -0.15) is 0 Å². The van der Waals surface area contributed by atoms with Crippen molar-refractivity contribution in [1.29, 1.82) is 0 Å². The lowest BCUT2D eigenvalue weighted by Crippen LogP contribution is -2.15. The highest BCUT2D eigenvalue weighted by Gasteiger charge is 2.30. The van der Waals surface area contributed by atoms with Gasteiger partial charge in [0.2, 0.25) is 5.91 Å². The van der Waals surface area contributed by atoms with Gasteiger partial charge in [0.1, 0.15) is 5.82 Å². The van der Waals surface area contributed by atoms with Crippen LogP contribution in [0.5, 0.6) is 0 Å². The van der Waals surface area contributed by atoms with Crippen LogP contribution >= 0.6 is 23.1 Å². The van der Waals surface area contributed by atoms with Crippen LogP contribution in [0.3, 0.4) is 0 Å². The van der Waals surface area contributed by atoms with Gasteiger partial charge in [0.25, 0.3) is 5.69 Å². The minimum Gasteiger partial charge on any atom is -0.325 e. The summed E-state index contributed by atoms with van der Waals surface area (Å²) in [5.41, 5.74) is 1.17. The Hall–Kier alpha value is -2.72. The normalized spacial score (nSPS) is 13.4. The van der Waals surface area contributed by atoms with Crippen LogP contribution < -0.4 is 5.32 Å². The lowest BCUT2D eigenvalue weighted by Gasteiger charge is -2.10. The molecule has 0 atom stereocenters. The molecule has 1 saturated carbocycles. The fraction of sp³-hybridized carbons (Fsp3) is 0.316. The van der Waals surface area contributed by atoms with Gasteiger partial charge in [0, 0.05) is 29.5 Å². The largest absolute Gasteiger partial charge is 0.325 e. The number of rotatable bonds is 8. The molecule has 0 bridgehead atoms. The molecular weight excluding hydrogens is 410 g/mol. The van der Waals surface area contributed by atoms with Gasteiger partial charge in [-0.05, 0) is 36.8 Å². The molecule has 0 saturated heterocycles. The van der Waals surface area contributed by atoms with Crippen LogP contribution in [0, 0.1) is 17.0 Å². The third-order valence-electron chi connectivity index (χ3n) is 4.60. The van der Waals surface area contributed by atoms with Crippen LogP contribution in [0.25, 0.3) is 0 Å². The molecular formula is C19H19N5O3S2. The van der Waals surface area contributed by atoms with Crippen molar-refractivity contribution in [3.63, 3.8) is 0 Å². The average Bonchev–Trinajstić information content (AvgIpc) is 3.24. The Balaban J connectivity index is 1.43. The summed E-state index contributed by atoms with van der Waals surface area (Å²) in [5, 5.41) is 25.2. The van der Waals surface area contributed by atoms with Crippen LogP contribution in [0.4, 0.5) is 11.4 Å². The number of amides is 1. The van der Waals surface area contributed by atoms with Crippen molar-refractivity contribution in [2.45, 2.75) is 37.4 Å². The summed E-state index contributed by atoms with van der Waals surface area (Å²) in [6, 6.07) is 8.94. The van der Waals surface area contributed by atoms with E-state index in [1.54, 1.807) is 24.3 Å². The molecule has 2 aromatic heterocycles. The van der Waals surface area contributed by atoms with E-state index in [2.05, 4.69) is 26.1 Å². The zero-order chi connectivity index (χ0) is 20.4. The number of nitro groups is 1. The van der Waals surface area contributed by atoms with Gasteiger partial charge in [-0.15, -0.1) is 21.5 Å². The number of thioether (sulfide) groups is 1. The maximum Gasteiger partial charge on any atom is 0.271 e. The number of hydrogen-bond acceptors (Lipinski definition) is 7. The maximum absolute atomic E-state index is 12.4. The van der Waals surface area contributed by atoms with Gasteiger partial charge in [0.05, 0.1) is 16.4 Å². The van der Waals surface area contributed by atoms with Crippen molar-refractivity contribution < 1.29 is 9.72 Å². The Kier molecular flexibility index (Phi) is 5.63. The molecule has 2 heterocycles. The monoisotopic (exact) mass is 429 g/mol. The lowest BCUT2D eigenvalue weighted by molar-refractivity contribution is -0.384. The third-order valence-corrected chi connectivity index (χ3v) is 6.42. The SMILES string of the molecule is Cc1ccc([N+](=O)[O-])cc1NC(=O)CSc1nnc(Cc2cccs2)n1C1CC1. The number of anilines is 1. The van der Waals surface area contributed by atoms with Crippen molar-refractivity contribution in [3.8, 4) is 0 Å². The number of benzene rings is 1. The van der Waals surface area contributed by atoms with Gasteiger partial charge in [-0.1, -0.05) is 23.9 Å². The van der Waals surface area contributed by atoms with Gasteiger partial charge < -0.3 is 9.88 Å². The van der Waals surface area contributed by atoms with E-state index >= 15 is 0 Å². The summed E-state index contributed by atoms with van der Waals surface area (Å²) in [6.45, 7) is 1.80. The molecule has 0 aliphatic heterocycles. The van der Waals surface area contributed by atoms with Crippen LogP contribution in [-0.4, -0.2) is 31.3 Å². The van der Waals surface area contributed by atoms with Gasteiger partial charge >= 0.3 is 0 Å². The van der Waals surface area contributed by atoms with Crippen LogP contribution in [-0.2, 0) is 11.2 Å². The highest BCUT2D eigenvalue weighted by atomic mass is 32.2. The average molecular weight is 430 g/mol. The molecule has 1 N–H and O–H groups in total. The first-order valence-corrected chi connectivity index (χ1v) is 11.0. The summed E-state index contributed by atoms with van der Waals surface area (Å²) in [7, 11) is 0. The minimum atomic E-state index is -0.475. The molecule has 1 fully saturated rings. The first-order valence-electron chi connectivity index (χ1n) is 9.15. The molecule has 1 aliphatic rings. The molecule has 1 aromatic carbocycles. The number of nitro benzene ring substituents is 1. The summed E-state index contributed by atoms with van der Waals surface area (Å²) < 4.78 is 2.15. The van der Waals surface area contributed by atoms with E-state index in [-0.39, 0.29) is 17.3 Å². The molecule has 10 heteroatoms. The van der Waals surface area contributed by atoms with E-state index < -0.39 is 4.92 Å². The first kappa shape index (κ1) is 19.6. The Morgan fingerprint density at radius 1 is 1.38 bits per heavy atom. The van der Waals surface area contributed by atoms with Crippen molar-refractivity contribution in [2.75, 3.05) is 11.1 Å². The molecule has 0 unspecified atom stereocenters. The molecule has 8 nitrogen and oxygen atoms in total. The number of carbonyl (C=O) groups is 1. The Morgan fingerprint density at radius 3 is 2.90 bits per heavy atom. The number of non-ortho nitro benzene ring substituents is 1. The number of aryl methyl sites for hydroxylation is 1. The fourth-order valence-corrected chi connectivity index (χ4v) is 4.50. The molecule has 0 radical (unpaired) electrons. The quantitative estimate of drug-likeness (QED) is 0.327. The Bertz CT molecular complexity index is 1040. The molecule has 0 spiro atoms. The number of carbonyl (C=O) groups excluding carboxylic acids is 1. The highest BCUT2D eigenvalue weighted by molar-refractivity contribution is 7.99. The topological polar surface area (TPSA) is 103 Å². The second-order valence-electron chi connectivity index (χ2n) is 6.85. The number of thiophene rings is 1. The molecule has 29 heavy (non-hydrogen) atoms. The third kappa shape index (κ3) is 4.65. The second kappa shape index (κ2) is 8.34. The lowest BCUT2D eigenvalue weighted by atomic mass is 10.2. The smallest absolute Gasteiger partial charge is 0.271 e. The van der Waals surface area contributed by atoms with Gasteiger partial charge in [-0.3, -0.25) is 14.9 Å². The van der Waals surface area contributed by atoms with E-state index in [0.29, 0.717) is 11.7 Å². The van der Waals surface area contributed by atoms with Crippen molar-refractivity contribution in [1.82, 2.24) is 14.8 Å². The summed E-state index contributed by atoms with van der Waals surface area (Å²) >= 11 is 3.03. The number of nitrogens with one attached hydrogen (secondary N) is 1. The second-order valence-corrected chi connectivity index (χ2v) is 8.82. The standard InChI is InChI=1S/C19H19N5O3S2/c1-12-4-5-14(24(26)27)9-16(12)20-18(25)11-29-19-22-21-17(23(19)13-6-7-13)10-15-3-2-8-28-15/h2-5,8-9,13H,6-7,10-11H2,1H3,(H,20,25). The summed E-state index contributed by atoms with van der Waals surface area (Å²) in [5.74, 6) is 0.850. The Labute approximate surface area is 175 Å². The number of aromatic nitrogens is 3. The summed E-state index contributed by atoms with van der Waals surface area (Å²) in [4.78, 5) is 24.1.